The average Bonchev–Trinajstić information content (AvgIpc) is 3.01. The van der Waals surface area contributed by atoms with Gasteiger partial charge in [0.05, 0.1) is 17.6 Å². The minimum atomic E-state index is 0.688. The van der Waals surface area contributed by atoms with Gasteiger partial charge < -0.3 is 10.6 Å². The van der Waals surface area contributed by atoms with Gasteiger partial charge in [0.15, 0.2) is 0 Å². The Morgan fingerprint density at radius 3 is 2.50 bits per heavy atom. The molecule has 0 spiro atoms. The quantitative estimate of drug-likeness (QED) is 0.871. The van der Waals surface area contributed by atoms with Gasteiger partial charge in [-0.25, -0.2) is 4.98 Å². The van der Waals surface area contributed by atoms with Crippen molar-refractivity contribution < 1.29 is 0 Å². The van der Waals surface area contributed by atoms with Gasteiger partial charge in [-0.1, -0.05) is 0 Å². The van der Waals surface area contributed by atoms with Gasteiger partial charge in [0.2, 0.25) is 0 Å². The molecule has 3 rings (SSSR count). The Balaban J connectivity index is 1.91. The number of hydrogen-bond acceptors (Lipinski definition) is 4. The minimum absolute atomic E-state index is 0.688. The Kier molecular flexibility index (Phi) is 2.66. The third kappa shape index (κ3) is 1.81. The summed E-state index contributed by atoms with van der Waals surface area (Å²) in [6, 6.07) is 4.13. The largest absolute Gasteiger partial charge is 0.396 e. The first-order valence-electron chi connectivity index (χ1n) is 6.24. The molecule has 5 heteroatoms. The van der Waals surface area contributed by atoms with Crippen LogP contribution < -0.4 is 10.6 Å². The Bertz CT molecular complexity index is 518. The normalized spacial score (nSPS) is 15.3. The highest BCUT2D eigenvalue weighted by molar-refractivity contribution is 5.72. The molecule has 1 saturated heterocycles. The fourth-order valence-corrected chi connectivity index (χ4v) is 2.47. The van der Waals surface area contributed by atoms with Crippen molar-refractivity contribution in [3.8, 4) is 11.3 Å². The molecule has 0 atom stereocenters. The maximum atomic E-state index is 5.91. The van der Waals surface area contributed by atoms with Crippen molar-refractivity contribution in [1.82, 2.24) is 14.8 Å². The lowest BCUT2D eigenvalue weighted by atomic mass is 10.2. The van der Waals surface area contributed by atoms with Gasteiger partial charge >= 0.3 is 0 Å². The lowest BCUT2D eigenvalue weighted by molar-refractivity contribution is 0.775. The van der Waals surface area contributed by atoms with E-state index >= 15 is 0 Å². The summed E-state index contributed by atoms with van der Waals surface area (Å²) in [7, 11) is 1.89. The number of nitrogen functional groups attached to an aromatic ring is 1. The van der Waals surface area contributed by atoms with Crippen molar-refractivity contribution in [1.29, 1.82) is 0 Å². The van der Waals surface area contributed by atoms with Gasteiger partial charge in [0, 0.05) is 31.9 Å². The van der Waals surface area contributed by atoms with E-state index in [1.165, 1.54) is 12.8 Å². The monoisotopic (exact) mass is 243 g/mol. The van der Waals surface area contributed by atoms with Crippen molar-refractivity contribution in [2.75, 3.05) is 23.7 Å². The van der Waals surface area contributed by atoms with Crippen LogP contribution in [0.2, 0.25) is 0 Å². The summed E-state index contributed by atoms with van der Waals surface area (Å²) in [6.07, 6.45) is 6.07. The maximum Gasteiger partial charge on any atom is 0.128 e. The molecule has 0 bridgehead atoms. The summed E-state index contributed by atoms with van der Waals surface area (Å²) in [6.45, 7) is 2.22. The second kappa shape index (κ2) is 4.33. The topological polar surface area (TPSA) is 60.0 Å². The molecule has 3 heterocycles. The van der Waals surface area contributed by atoms with E-state index in [4.69, 9.17) is 5.73 Å². The van der Waals surface area contributed by atoms with E-state index in [0.29, 0.717) is 5.69 Å². The summed E-state index contributed by atoms with van der Waals surface area (Å²) in [5, 5.41) is 4.15. The summed E-state index contributed by atoms with van der Waals surface area (Å²) in [4.78, 5) is 6.84. The highest BCUT2D eigenvalue weighted by atomic mass is 15.3. The molecular formula is C13H17N5. The van der Waals surface area contributed by atoms with Crippen molar-refractivity contribution in [3.63, 3.8) is 0 Å². The van der Waals surface area contributed by atoms with Crippen LogP contribution in [0.15, 0.2) is 24.5 Å². The van der Waals surface area contributed by atoms with E-state index in [9.17, 15) is 0 Å². The first-order chi connectivity index (χ1) is 8.75. The number of nitrogens with two attached hydrogens (primary N) is 1. The van der Waals surface area contributed by atoms with Gasteiger partial charge in [0.25, 0.3) is 0 Å². The zero-order valence-electron chi connectivity index (χ0n) is 10.5. The highest BCUT2D eigenvalue weighted by Gasteiger charge is 2.14. The fourth-order valence-electron chi connectivity index (χ4n) is 2.47. The molecule has 1 fully saturated rings. The molecule has 1 aliphatic rings. The van der Waals surface area contributed by atoms with E-state index in [1.54, 1.807) is 10.9 Å². The summed E-state index contributed by atoms with van der Waals surface area (Å²) in [5.74, 6) is 1.05. The van der Waals surface area contributed by atoms with Crippen molar-refractivity contribution in [3.05, 3.63) is 24.5 Å². The molecule has 2 aromatic heterocycles. The fraction of sp³-hybridized carbons (Fsp3) is 0.385. The van der Waals surface area contributed by atoms with Gasteiger partial charge in [-0.2, -0.15) is 5.10 Å². The molecule has 0 aromatic carbocycles. The number of hydrogen-bond donors (Lipinski definition) is 1. The highest BCUT2D eigenvalue weighted by Crippen LogP contribution is 2.26. The van der Waals surface area contributed by atoms with Crippen molar-refractivity contribution >= 4 is 11.5 Å². The summed E-state index contributed by atoms with van der Waals surface area (Å²) < 4.78 is 1.78. The minimum Gasteiger partial charge on any atom is -0.396 e. The summed E-state index contributed by atoms with van der Waals surface area (Å²) in [5.41, 5.74) is 8.54. The van der Waals surface area contributed by atoms with Crippen LogP contribution in [0, 0.1) is 0 Å². The van der Waals surface area contributed by atoms with Crippen LogP contribution in [0.5, 0.6) is 0 Å². The molecule has 0 amide bonds. The molecule has 18 heavy (non-hydrogen) atoms. The van der Waals surface area contributed by atoms with Crippen LogP contribution in [0.3, 0.4) is 0 Å². The standard InChI is InChI=1S/C13H17N5/c1-17-13(11(14)9-16-17)10-4-5-12(15-8-10)18-6-2-3-7-18/h4-5,8-9H,2-3,6-7,14H2,1H3. The number of aryl methyl sites for hydroxylation is 1. The third-order valence-electron chi connectivity index (χ3n) is 3.42. The molecule has 0 saturated carbocycles. The third-order valence-corrected chi connectivity index (χ3v) is 3.42. The number of aromatic nitrogens is 3. The summed E-state index contributed by atoms with van der Waals surface area (Å²) >= 11 is 0. The maximum absolute atomic E-state index is 5.91. The van der Waals surface area contributed by atoms with Crippen LogP contribution in [0.4, 0.5) is 11.5 Å². The van der Waals surface area contributed by atoms with Gasteiger partial charge in [0.1, 0.15) is 5.82 Å². The van der Waals surface area contributed by atoms with E-state index in [0.717, 1.165) is 30.2 Å². The van der Waals surface area contributed by atoms with E-state index < -0.39 is 0 Å². The molecule has 5 nitrogen and oxygen atoms in total. The van der Waals surface area contributed by atoms with Crippen LogP contribution in [0.1, 0.15) is 12.8 Å². The zero-order valence-corrected chi connectivity index (χ0v) is 10.5. The number of nitrogens with zero attached hydrogens (tertiary/aromatic N) is 4. The van der Waals surface area contributed by atoms with Gasteiger partial charge in [-0.3, -0.25) is 4.68 Å². The first kappa shape index (κ1) is 11.1. The molecule has 94 valence electrons. The van der Waals surface area contributed by atoms with Crippen LogP contribution in [0.25, 0.3) is 11.3 Å². The zero-order chi connectivity index (χ0) is 12.5. The van der Waals surface area contributed by atoms with Crippen molar-refractivity contribution in [2.24, 2.45) is 7.05 Å². The van der Waals surface area contributed by atoms with Gasteiger partial charge in [-0.15, -0.1) is 0 Å². The second-order valence-corrected chi connectivity index (χ2v) is 4.67. The number of pyridine rings is 1. The molecule has 0 aliphatic carbocycles. The Hall–Kier alpha value is -2.04. The van der Waals surface area contributed by atoms with Crippen LogP contribution in [-0.4, -0.2) is 27.9 Å². The molecule has 0 unspecified atom stereocenters. The average molecular weight is 243 g/mol. The van der Waals surface area contributed by atoms with E-state index in [1.807, 2.05) is 13.2 Å². The molecule has 1 aliphatic heterocycles. The van der Waals surface area contributed by atoms with Crippen molar-refractivity contribution in [2.45, 2.75) is 12.8 Å². The Morgan fingerprint density at radius 1 is 1.17 bits per heavy atom. The molecular weight excluding hydrogens is 226 g/mol. The first-order valence-corrected chi connectivity index (χ1v) is 6.24. The van der Waals surface area contributed by atoms with Gasteiger partial charge in [-0.05, 0) is 25.0 Å². The molecule has 2 N–H and O–H groups in total. The lowest BCUT2D eigenvalue weighted by Gasteiger charge is -2.16. The predicted molar refractivity (Wildman–Crippen MR) is 72.3 cm³/mol. The Morgan fingerprint density at radius 2 is 1.94 bits per heavy atom. The predicted octanol–water partition coefficient (Wildman–Crippen LogP) is 1.66. The second-order valence-electron chi connectivity index (χ2n) is 4.67. The SMILES string of the molecule is Cn1ncc(N)c1-c1ccc(N2CCCC2)nc1. The van der Waals surface area contributed by atoms with E-state index in [2.05, 4.69) is 27.1 Å². The molecule has 2 aromatic rings. The van der Waals surface area contributed by atoms with E-state index in [-0.39, 0.29) is 0 Å². The van der Waals surface area contributed by atoms with Crippen LogP contribution in [-0.2, 0) is 7.05 Å². The molecule has 0 radical (unpaired) electrons. The number of anilines is 2. The Labute approximate surface area is 106 Å². The number of rotatable bonds is 2. The smallest absolute Gasteiger partial charge is 0.128 e. The lowest BCUT2D eigenvalue weighted by Crippen LogP contribution is -2.18. The van der Waals surface area contributed by atoms with Crippen LogP contribution >= 0.6 is 0 Å².